The molecular formula is C16H13BrN2. The third-order valence-electron chi connectivity index (χ3n) is 3.85. The molecule has 1 aromatic carbocycles. The van der Waals surface area contributed by atoms with Crippen molar-refractivity contribution in [2.75, 3.05) is 0 Å². The van der Waals surface area contributed by atoms with Crippen LogP contribution in [0.2, 0.25) is 0 Å². The average molecular weight is 313 g/mol. The Kier molecular flexibility index (Phi) is 2.19. The van der Waals surface area contributed by atoms with Crippen LogP contribution >= 0.6 is 15.9 Å². The number of nitrogens with zero attached hydrogens (tertiary/aromatic N) is 2. The number of hydrogen-bond acceptors (Lipinski definition) is 1. The van der Waals surface area contributed by atoms with Gasteiger partial charge in [-0.2, -0.15) is 0 Å². The number of benzene rings is 1. The van der Waals surface area contributed by atoms with Crippen LogP contribution in [0.1, 0.15) is 22.4 Å². The highest BCUT2D eigenvalue weighted by molar-refractivity contribution is 9.10. The minimum Gasteiger partial charge on any atom is -0.302 e. The van der Waals surface area contributed by atoms with Gasteiger partial charge in [-0.05, 0) is 53.0 Å². The lowest BCUT2D eigenvalue weighted by Crippen LogP contribution is -1.94. The van der Waals surface area contributed by atoms with Crippen LogP contribution in [0, 0.1) is 13.8 Å². The first-order chi connectivity index (χ1) is 9.13. The molecule has 0 N–H and O–H groups in total. The lowest BCUT2D eigenvalue weighted by Gasteiger charge is -2.03. The van der Waals surface area contributed by atoms with Gasteiger partial charge in [0.25, 0.3) is 0 Å². The summed E-state index contributed by atoms with van der Waals surface area (Å²) >= 11 is 3.57. The Balaban J connectivity index is 2.08. The summed E-state index contributed by atoms with van der Waals surface area (Å²) in [6.07, 6.45) is 3.09. The number of pyridine rings is 1. The molecule has 4 rings (SSSR count). The molecule has 1 aliphatic carbocycles. The largest absolute Gasteiger partial charge is 0.302 e. The second-order valence-electron chi connectivity index (χ2n) is 5.28. The minimum atomic E-state index is 0.974. The monoisotopic (exact) mass is 312 g/mol. The van der Waals surface area contributed by atoms with Crippen LogP contribution in [0.5, 0.6) is 0 Å². The molecule has 0 radical (unpaired) electrons. The highest BCUT2D eigenvalue weighted by atomic mass is 79.9. The smallest absolute Gasteiger partial charge is 0.140 e. The first-order valence-corrected chi connectivity index (χ1v) is 7.20. The Morgan fingerprint density at radius 1 is 1.21 bits per heavy atom. The molecule has 0 unspecified atom stereocenters. The molecule has 0 fully saturated rings. The van der Waals surface area contributed by atoms with E-state index in [1.807, 2.05) is 0 Å². The molecule has 0 saturated carbocycles. The topological polar surface area (TPSA) is 17.3 Å². The Labute approximate surface area is 120 Å². The molecule has 0 saturated heterocycles. The third kappa shape index (κ3) is 1.51. The molecule has 2 heterocycles. The van der Waals surface area contributed by atoms with Crippen molar-refractivity contribution in [3.63, 3.8) is 0 Å². The van der Waals surface area contributed by atoms with Gasteiger partial charge in [0.2, 0.25) is 0 Å². The van der Waals surface area contributed by atoms with E-state index in [0.29, 0.717) is 0 Å². The fraction of sp³-hybridized carbons (Fsp3) is 0.188. The number of hydrogen-bond donors (Lipinski definition) is 0. The van der Waals surface area contributed by atoms with Crippen LogP contribution in [0.3, 0.4) is 0 Å². The van der Waals surface area contributed by atoms with E-state index in [0.717, 1.165) is 22.2 Å². The highest BCUT2D eigenvalue weighted by Crippen LogP contribution is 2.37. The molecule has 0 spiro atoms. The van der Waals surface area contributed by atoms with Crippen molar-refractivity contribution in [3.8, 4) is 11.3 Å². The summed E-state index contributed by atoms with van der Waals surface area (Å²) in [5.74, 6) is 0. The maximum absolute atomic E-state index is 4.86. The predicted molar refractivity (Wildman–Crippen MR) is 80.6 cm³/mol. The van der Waals surface area contributed by atoms with Gasteiger partial charge in [0.05, 0.1) is 11.4 Å². The van der Waals surface area contributed by atoms with Crippen LogP contribution in [0.15, 0.2) is 34.9 Å². The first kappa shape index (κ1) is 11.2. The van der Waals surface area contributed by atoms with E-state index < -0.39 is 0 Å². The molecule has 3 heteroatoms. The van der Waals surface area contributed by atoms with Gasteiger partial charge < -0.3 is 4.40 Å². The second kappa shape index (κ2) is 3.70. The zero-order chi connectivity index (χ0) is 13.1. The van der Waals surface area contributed by atoms with Gasteiger partial charge >= 0.3 is 0 Å². The predicted octanol–water partition coefficient (Wildman–Crippen LogP) is 4.28. The van der Waals surface area contributed by atoms with Crippen molar-refractivity contribution in [1.82, 2.24) is 9.38 Å². The molecular weight excluding hydrogens is 300 g/mol. The van der Waals surface area contributed by atoms with E-state index >= 15 is 0 Å². The highest BCUT2D eigenvalue weighted by Gasteiger charge is 2.24. The number of imidazole rings is 1. The number of fused-ring (bicyclic) bond motifs is 5. The summed E-state index contributed by atoms with van der Waals surface area (Å²) in [4.78, 5) is 4.86. The van der Waals surface area contributed by atoms with E-state index in [9.17, 15) is 0 Å². The van der Waals surface area contributed by atoms with Crippen molar-refractivity contribution in [2.45, 2.75) is 20.3 Å². The molecule has 19 heavy (non-hydrogen) atoms. The standard InChI is InChI=1S/C16H13BrN2/c1-9-3-4-11-7-14-15(13(11)5-9)18-16-10(2)6-12(17)8-19(14)16/h3-6,8H,7H2,1-2H3. The third-order valence-corrected chi connectivity index (χ3v) is 4.28. The Morgan fingerprint density at radius 3 is 2.89 bits per heavy atom. The average Bonchev–Trinajstić information content (AvgIpc) is 2.87. The molecule has 3 aromatic rings. The van der Waals surface area contributed by atoms with Crippen molar-refractivity contribution >= 4 is 21.6 Å². The minimum absolute atomic E-state index is 0.974. The van der Waals surface area contributed by atoms with Gasteiger partial charge in [0, 0.05) is 22.7 Å². The van der Waals surface area contributed by atoms with Crippen LogP contribution in [-0.4, -0.2) is 9.38 Å². The Bertz CT molecular complexity index is 830. The number of aryl methyl sites for hydroxylation is 2. The normalized spacial score (nSPS) is 12.8. The van der Waals surface area contributed by atoms with E-state index in [1.165, 1.54) is 27.9 Å². The molecule has 0 atom stereocenters. The van der Waals surface area contributed by atoms with Crippen molar-refractivity contribution < 1.29 is 0 Å². The Hall–Kier alpha value is -1.61. The maximum Gasteiger partial charge on any atom is 0.140 e. The van der Waals surface area contributed by atoms with Crippen LogP contribution < -0.4 is 0 Å². The van der Waals surface area contributed by atoms with Gasteiger partial charge in [-0.25, -0.2) is 4.98 Å². The van der Waals surface area contributed by atoms with Crippen molar-refractivity contribution in [3.05, 3.63) is 57.3 Å². The summed E-state index contributed by atoms with van der Waals surface area (Å²) in [5.41, 5.74) is 8.71. The van der Waals surface area contributed by atoms with E-state index in [1.54, 1.807) is 0 Å². The molecule has 0 aliphatic heterocycles. The molecule has 0 amide bonds. The first-order valence-electron chi connectivity index (χ1n) is 6.40. The number of halogens is 1. The fourth-order valence-corrected chi connectivity index (χ4v) is 3.49. The van der Waals surface area contributed by atoms with Gasteiger partial charge in [0.1, 0.15) is 5.65 Å². The fourth-order valence-electron chi connectivity index (χ4n) is 2.95. The van der Waals surface area contributed by atoms with Crippen molar-refractivity contribution in [2.24, 2.45) is 0 Å². The molecule has 0 bridgehead atoms. The van der Waals surface area contributed by atoms with Crippen LogP contribution in [0.25, 0.3) is 16.9 Å². The summed E-state index contributed by atoms with van der Waals surface area (Å²) < 4.78 is 3.33. The summed E-state index contributed by atoms with van der Waals surface area (Å²) in [7, 11) is 0. The zero-order valence-electron chi connectivity index (χ0n) is 10.9. The quantitative estimate of drug-likeness (QED) is 0.473. The SMILES string of the molecule is Cc1ccc2c(c1)-c1nc3c(C)cc(Br)cn3c1C2. The van der Waals surface area contributed by atoms with Crippen LogP contribution in [-0.2, 0) is 6.42 Å². The van der Waals surface area contributed by atoms with Gasteiger partial charge in [-0.1, -0.05) is 17.7 Å². The molecule has 2 nitrogen and oxygen atoms in total. The lowest BCUT2D eigenvalue weighted by atomic mass is 10.1. The number of aromatic nitrogens is 2. The van der Waals surface area contributed by atoms with Crippen LogP contribution in [0.4, 0.5) is 0 Å². The lowest BCUT2D eigenvalue weighted by molar-refractivity contribution is 1.04. The van der Waals surface area contributed by atoms with E-state index in [4.69, 9.17) is 4.98 Å². The summed E-state index contributed by atoms with van der Waals surface area (Å²) in [6, 6.07) is 8.77. The van der Waals surface area contributed by atoms with E-state index in [-0.39, 0.29) is 0 Å². The second-order valence-corrected chi connectivity index (χ2v) is 6.20. The van der Waals surface area contributed by atoms with Gasteiger partial charge in [-0.15, -0.1) is 0 Å². The maximum atomic E-state index is 4.86. The van der Waals surface area contributed by atoms with Gasteiger partial charge in [0.15, 0.2) is 0 Å². The summed E-state index contributed by atoms with van der Waals surface area (Å²) in [6.45, 7) is 4.25. The summed E-state index contributed by atoms with van der Waals surface area (Å²) in [5, 5.41) is 0. The molecule has 1 aliphatic rings. The van der Waals surface area contributed by atoms with E-state index in [2.05, 4.69) is 64.6 Å². The Morgan fingerprint density at radius 2 is 2.05 bits per heavy atom. The zero-order valence-corrected chi connectivity index (χ0v) is 12.5. The molecule has 2 aromatic heterocycles. The van der Waals surface area contributed by atoms with Crippen molar-refractivity contribution in [1.29, 1.82) is 0 Å². The number of rotatable bonds is 0. The van der Waals surface area contributed by atoms with Gasteiger partial charge in [-0.3, -0.25) is 0 Å². The molecule has 94 valence electrons.